The van der Waals surface area contributed by atoms with E-state index in [1.807, 2.05) is 6.92 Å². The fourth-order valence-electron chi connectivity index (χ4n) is 3.20. The van der Waals surface area contributed by atoms with Gasteiger partial charge in [0.25, 0.3) is 15.7 Å². The van der Waals surface area contributed by atoms with Crippen LogP contribution in [0, 0.1) is 10.1 Å². The van der Waals surface area contributed by atoms with Gasteiger partial charge in [0, 0.05) is 35.3 Å². The average molecular weight is 454 g/mol. The maximum Gasteiger partial charge on any atom is 0.271 e. The van der Waals surface area contributed by atoms with E-state index in [0.717, 1.165) is 11.6 Å². The molecular formula is C17H16BrN3O5S. The largest absolute Gasteiger partial charge is 0.309 e. The fourth-order valence-corrected chi connectivity index (χ4v) is 5.36. The van der Waals surface area contributed by atoms with Crippen LogP contribution in [0.1, 0.15) is 19.4 Å². The molecule has 27 heavy (non-hydrogen) atoms. The molecule has 3 rings (SSSR count). The maximum absolute atomic E-state index is 12.8. The molecule has 0 saturated carbocycles. The number of nitrogens with zero attached hydrogens (tertiary/aromatic N) is 2. The van der Waals surface area contributed by atoms with Gasteiger partial charge >= 0.3 is 0 Å². The molecule has 1 heterocycles. The van der Waals surface area contributed by atoms with Gasteiger partial charge in [-0.15, -0.1) is 0 Å². The number of amides is 1. The van der Waals surface area contributed by atoms with Gasteiger partial charge in [0.15, 0.2) is 0 Å². The van der Waals surface area contributed by atoms with E-state index in [4.69, 9.17) is 0 Å². The molecule has 10 heteroatoms. The Morgan fingerprint density at radius 3 is 2.67 bits per heavy atom. The normalized spacial score (nSPS) is 16.1. The van der Waals surface area contributed by atoms with Gasteiger partial charge in [-0.2, -0.15) is 0 Å². The number of anilines is 2. The van der Waals surface area contributed by atoms with Crippen LogP contribution in [0.4, 0.5) is 17.1 Å². The number of nitrogens with one attached hydrogen (secondary N) is 1. The van der Waals surface area contributed by atoms with Crippen LogP contribution >= 0.6 is 15.9 Å². The Bertz CT molecular complexity index is 1050. The zero-order valence-electron chi connectivity index (χ0n) is 14.5. The van der Waals surface area contributed by atoms with Gasteiger partial charge in [0.1, 0.15) is 4.90 Å². The number of hydrogen-bond donors (Lipinski definition) is 1. The number of nitro benzene ring substituents is 1. The molecule has 0 radical (unpaired) electrons. The summed E-state index contributed by atoms with van der Waals surface area (Å²) in [7, 11) is -4.03. The molecule has 1 atom stereocenters. The predicted octanol–water partition coefficient (Wildman–Crippen LogP) is 3.46. The molecule has 0 unspecified atom stereocenters. The SMILES string of the molecule is CC(=O)N1c2cc(S(=O)(=O)Nc3cccc([N+](=O)[O-])c3)c(Br)cc2C[C@H]1C. The van der Waals surface area contributed by atoms with Gasteiger partial charge in [-0.05, 0) is 53.0 Å². The lowest BCUT2D eigenvalue weighted by molar-refractivity contribution is -0.384. The number of carbonyl (C=O) groups is 1. The number of carbonyl (C=O) groups excluding carboxylic acids is 1. The third-order valence-electron chi connectivity index (χ3n) is 4.29. The molecule has 1 N–H and O–H groups in total. The molecule has 0 spiro atoms. The third-order valence-corrected chi connectivity index (χ3v) is 6.63. The molecular weight excluding hydrogens is 438 g/mol. The first-order valence-electron chi connectivity index (χ1n) is 7.99. The number of hydrogen-bond acceptors (Lipinski definition) is 5. The summed E-state index contributed by atoms with van der Waals surface area (Å²) < 4.78 is 28.4. The molecule has 142 valence electrons. The van der Waals surface area contributed by atoms with E-state index < -0.39 is 14.9 Å². The monoisotopic (exact) mass is 453 g/mol. The maximum atomic E-state index is 12.8. The highest BCUT2D eigenvalue weighted by molar-refractivity contribution is 9.10. The van der Waals surface area contributed by atoms with Crippen LogP contribution in [0.15, 0.2) is 45.8 Å². The topological polar surface area (TPSA) is 110 Å². The zero-order chi connectivity index (χ0) is 19.9. The summed E-state index contributed by atoms with van der Waals surface area (Å²) >= 11 is 3.28. The number of sulfonamides is 1. The molecule has 0 aromatic heterocycles. The highest BCUT2D eigenvalue weighted by atomic mass is 79.9. The average Bonchev–Trinajstić information content (AvgIpc) is 2.88. The number of benzene rings is 2. The van der Waals surface area contributed by atoms with Gasteiger partial charge in [-0.25, -0.2) is 8.42 Å². The summed E-state index contributed by atoms with van der Waals surface area (Å²) in [5.74, 6) is -0.168. The van der Waals surface area contributed by atoms with E-state index in [1.165, 1.54) is 31.2 Å². The van der Waals surface area contributed by atoms with Crippen molar-refractivity contribution in [2.24, 2.45) is 0 Å². The summed E-state index contributed by atoms with van der Waals surface area (Å²) in [6.07, 6.45) is 0.631. The summed E-state index contributed by atoms with van der Waals surface area (Å²) in [6, 6.07) is 8.31. The Hall–Kier alpha value is -2.46. The summed E-state index contributed by atoms with van der Waals surface area (Å²) in [5, 5.41) is 10.9. The van der Waals surface area contributed by atoms with Crippen LogP contribution in [0.2, 0.25) is 0 Å². The second-order valence-electron chi connectivity index (χ2n) is 6.27. The van der Waals surface area contributed by atoms with Crippen molar-refractivity contribution in [2.75, 3.05) is 9.62 Å². The van der Waals surface area contributed by atoms with Crippen molar-refractivity contribution in [3.05, 3.63) is 56.5 Å². The lowest BCUT2D eigenvalue weighted by Gasteiger charge is -2.21. The lowest BCUT2D eigenvalue weighted by Crippen LogP contribution is -2.33. The van der Waals surface area contributed by atoms with Crippen molar-refractivity contribution >= 4 is 48.9 Å². The fraction of sp³-hybridized carbons (Fsp3) is 0.235. The van der Waals surface area contributed by atoms with Crippen molar-refractivity contribution < 1.29 is 18.1 Å². The first-order valence-corrected chi connectivity index (χ1v) is 10.3. The van der Waals surface area contributed by atoms with Gasteiger partial charge in [0.2, 0.25) is 5.91 Å². The second-order valence-corrected chi connectivity index (χ2v) is 8.77. The highest BCUT2D eigenvalue weighted by Gasteiger charge is 2.32. The third kappa shape index (κ3) is 3.67. The molecule has 1 amide bonds. The minimum absolute atomic E-state index is 0.0480. The Morgan fingerprint density at radius 1 is 1.33 bits per heavy atom. The Balaban J connectivity index is 2.02. The van der Waals surface area contributed by atoms with Gasteiger partial charge < -0.3 is 4.90 Å². The Labute approximate surface area is 164 Å². The van der Waals surface area contributed by atoms with E-state index in [9.17, 15) is 23.3 Å². The van der Waals surface area contributed by atoms with Crippen LogP contribution in [0.25, 0.3) is 0 Å². The molecule has 2 aromatic rings. The van der Waals surface area contributed by atoms with Crippen molar-refractivity contribution in [3.63, 3.8) is 0 Å². The van der Waals surface area contributed by atoms with Gasteiger partial charge in [-0.3, -0.25) is 19.6 Å². The number of halogens is 1. The molecule has 2 aromatic carbocycles. The smallest absolute Gasteiger partial charge is 0.271 e. The Kier molecular flexibility index (Phi) is 4.96. The number of non-ortho nitro benzene ring substituents is 1. The summed E-state index contributed by atoms with van der Waals surface area (Å²) in [5.41, 5.74) is 1.28. The van der Waals surface area contributed by atoms with E-state index >= 15 is 0 Å². The predicted molar refractivity (Wildman–Crippen MR) is 104 cm³/mol. The van der Waals surface area contributed by atoms with Crippen molar-refractivity contribution in [1.29, 1.82) is 0 Å². The first kappa shape index (κ1) is 19.3. The van der Waals surface area contributed by atoms with Crippen molar-refractivity contribution in [3.8, 4) is 0 Å². The highest BCUT2D eigenvalue weighted by Crippen LogP contribution is 2.38. The molecule has 0 saturated heterocycles. The van der Waals surface area contributed by atoms with E-state index in [0.29, 0.717) is 16.6 Å². The molecule has 0 fully saturated rings. The van der Waals surface area contributed by atoms with Crippen LogP contribution in [-0.4, -0.2) is 25.3 Å². The Morgan fingerprint density at radius 2 is 2.04 bits per heavy atom. The quantitative estimate of drug-likeness (QED) is 0.562. The minimum atomic E-state index is -4.03. The molecule has 0 aliphatic carbocycles. The minimum Gasteiger partial charge on any atom is -0.309 e. The molecule has 1 aliphatic heterocycles. The van der Waals surface area contributed by atoms with Gasteiger partial charge in [0.05, 0.1) is 10.6 Å². The number of nitro groups is 1. The van der Waals surface area contributed by atoms with Crippen LogP contribution in [0.5, 0.6) is 0 Å². The second kappa shape index (κ2) is 6.93. The molecule has 0 bridgehead atoms. The van der Waals surface area contributed by atoms with Crippen LogP contribution in [0.3, 0.4) is 0 Å². The van der Waals surface area contributed by atoms with E-state index in [-0.39, 0.29) is 28.2 Å². The summed E-state index contributed by atoms with van der Waals surface area (Å²) in [6.45, 7) is 3.33. The van der Waals surface area contributed by atoms with Crippen LogP contribution in [-0.2, 0) is 21.2 Å². The lowest BCUT2D eigenvalue weighted by atomic mass is 10.1. The van der Waals surface area contributed by atoms with Crippen LogP contribution < -0.4 is 9.62 Å². The van der Waals surface area contributed by atoms with Crippen molar-refractivity contribution in [1.82, 2.24) is 0 Å². The first-order chi connectivity index (χ1) is 12.6. The standard InChI is InChI=1S/C17H16BrN3O5S/c1-10-6-12-7-15(18)17(9-16(12)20(10)11(2)22)27(25,26)19-13-4-3-5-14(8-13)21(23)24/h3-5,7-10,19H,6H2,1-2H3/t10-/m1/s1. The zero-order valence-corrected chi connectivity index (χ0v) is 16.9. The molecule has 1 aliphatic rings. The van der Waals surface area contributed by atoms with E-state index in [2.05, 4.69) is 20.7 Å². The molecule has 8 nitrogen and oxygen atoms in total. The van der Waals surface area contributed by atoms with Crippen molar-refractivity contribution in [2.45, 2.75) is 31.2 Å². The number of rotatable bonds is 4. The number of fused-ring (bicyclic) bond motifs is 1. The van der Waals surface area contributed by atoms with E-state index in [1.54, 1.807) is 11.0 Å². The summed E-state index contributed by atoms with van der Waals surface area (Å²) in [4.78, 5) is 23.7. The van der Waals surface area contributed by atoms with Gasteiger partial charge in [-0.1, -0.05) is 6.07 Å².